The Morgan fingerprint density at radius 1 is 0.938 bits per heavy atom. The average Bonchev–Trinajstić information content (AvgIpc) is 2.75. The van der Waals surface area contributed by atoms with Crippen LogP contribution in [0.25, 0.3) is 0 Å². The molecule has 2 N–H and O–H groups in total. The molecule has 7 nitrogen and oxygen atoms in total. The van der Waals surface area contributed by atoms with Gasteiger partial charge in [0.05, 0.1) is 16.8 Å². The lowest BCUT2D eigenvalue weighted by Crippen LogP contribution is -2.32. The molecule has 0 aromatic heterocycles. The number of hydrogen-bond acceptors (Lipinski definition) is 5. The van der Waals surface area contributed by atoms with Crippen molar-refractivity contribution in [1.29, 1.82) is 0 Å². The summed E-state index contributed by atoms with van der Waals surface area (Å²) in [6.45, 7) is 0. The van der Waals surface area contributed by atoms with Gasteiger partial charge in [0, 0.05) is 15.2 Å². The van der Waals surface area contributed by atoms with Crippen LogP contribution in [0.2, 0.25) is 10.0 Å². The Morgan fingerprint density at radius 2 is 1.69 bits per heavy atom. The van der Waals surface area contributed by atoms with Crippen LogP contribution >= 0.6 is 39.1 Å². The minimum atomic E-state index is -0.941. The summed E-state index contributed by atoms with van der Waals surface area (Å²) in [6.07, 6.45) is 1.30. The number of anilines is 1. The first-order valence-electron chi connectivity index (χ1n) is 8.99. The summed E-state index contributed by atoms with van der Waals surface area (Å²) in [5.41, 5.74) is 3.28. The minimum absolute atomic E-state index is 0.166. The lowest BCUT2D eigenvalue weighted by Gasteiger charge is -2.07. The SMILES string of the molecule is O=C(N/N=C/c1cccc(OC(=O)c2ccc(Cl)cc2Cl)c1)C(=O)Nc1ccc(Br)cc1. The van der Waals surface area contributed by atoms with Gasteiger partial charge in [-0.25, -0.2) is 10.2 Å². The Bertz CT molecular complexity index is 1200. The van der Waals surface area contributed by atoms with Gasteiger partial charge in [-0.15, -0.1) is 0 Å². The van der Waals surface area contributed by atoms with E-state index in [0.717, 1.165) is 4.47 Å². The predicted octanol–water partition coefficient (Wildman–Crippen LogP) is 5.06. The molecule has 3 aromatic rings. The van der Waals surface area contributed by atoms with E-state index in [2.05, 4.69) is 31.8 Å². The molecule has 3 aromatic carbocycles. The number of carbonyl (C=O) groups excluding carboxylic acids is 3. The summed E-state index contributed by atoms with van der Waals surface area (Å²) < 4.78 is 6.16. The fourth-order valence-electron chi connectivity index (χ4n) is 2.41. The van der Waals surface area contributed by atoms with E-state index in [1.54, 1.807) is 42.5 Å². The number of halogens is 3. The fourth-order valence-corrected chi connectivity index (χ4v) is 3.16. The Balaban J connectivity index is 1.57. The lowest BCUT2D eigenvalue weighted by atomic mass is 10.2. The van der Waals surface area contributed by atoms with Gasteiger partial charge in [0.2, 0.25) is 0 Å². The number of amides is 2. The molecule has 0 aliphatic rings. The van der Waals surface area contributed by atoms with Crippen molar-refractivity contribution in [2.75, 3.05) is 5.32 Å². The first-order valence-corrected chi connectivity index (χ1v) is 10.5. The summed E-state index contributed by atoms with van der Waals surface area (Å²) in [5, 5.41) is 6.77. The van der Waals surface area contributed by atoms with Crippen molar-refractivity contribution in [3.05, 3.63) is 92.4 Å². The number of nitrogens with one attached hydrogen (secondary N) is 2. The summed E-state index contributed by atoms with van der Waals surface area (Å²) in [7, 11) is 0. The van der Waals surface area contributed by atoms with Crippen LogP contribution < -0.4 is 15.5 Å². The molecule has 0 aliphatic heterocycles. The Kier molecular flexibility index (Phi) is 7.99. The largest absolute Gasteiger partial charge is 0.423 e. The van der Waals surface area contributed by atoms with Crippen LogP contribution in [-0.2, 0) is 9.59 Å². The van der Waals surface area contributed by atoms with E-state index in [1.165, 1.54) is 30.5 Å². The summed E-state index contributed by atoms with van der Waals surface area (Å²) in [4.78, 5) is 36.1. The van der Waals surface area contributed by atoms with Gasteiger partial charge >= 0.3 is 17.8 Å². The number of carbonyl (C=O) groups is 3. The first kappa shape index (κ1) is 23.5. The second kappa shape index (κ2) is 10.9. The maximum absolute atomic E-state index is 12.3. The number of nitrogens with zero attached hydrogens (tertiary/aromatic N) is 1. The molecule has 10 heteroatoms. The van der Waals surface area contributed by atoms with Crippen molar-refractivity contribution in [2.45, 2.75) is 0 Å². The summed E-state index contributed by atoms with van der Waals surface area (Å²) >= 11 is 15.1. The molecule has 0 radical (unpaired) electrons. The van der Waals surface area contributed by atoms with Gasteiger partial charge in [0.25, 0.3) is 0 Å². The molecule has 0 heterocycles. The highest BCUT2D eigenvalue weighted by Crippen LogP contribution is 2.23. The third-order valence-corrected chi connectivity index (χ3v) is 4.98. The molecule has 0 unspecified atom stereocenters. The van der Waals surface area contributed by atoms with Crippen LogP contribution in [-0.4, -0.2) is 24.0 Å². The molecule has 0 fully saturated rings. The zero-order valence-electron chi connectivity index (χ0n) is 16.1. The van der Waals surface area contributed by atoms with E-state index in [0.29, 0.717) is 16.3 Å². The number of benzene rings is 3. The third-order valence-electron chi connectivity index (χ3n) is 3.91. The Hall–Kier alpha value is -3.20. The van der Waals surface area contributed by atoms with Gasteiger partial charge in [-0.2, -0.15) is 5.10 Å². The van der Waals surface area contributed by atoms with E-state index in [9.17, 15) is 14.4 Å². The monoisotopic (exact) mass is 533 g/mol. The molecule has 3 rings (SSSR count). The molecule has 0 bridgehead atoms. The van der Waals surface area contributed by atoms with Gasteiger partial charge in [0.1, 0.15) is 5.75 Å². The van der Waals surface area contributed by atoms with Crippen LogP contribution in [0.15, 0.2) is 76.3 Å². The van der Waals surface area contributed by atoms with Crippen molar-refractivity contribution >= 4 is 68.8 Å². The second-order valence-electron chi connectivity index (χ2n) is 6.25. The highest BCUT2D eigenvalue weighted by Gasteiger charge is 2.14. The van der Waals surface area contributed by atoms with E-state index < -0.39 is 17.8 Å². The molecule has 0 spiro atoms. The van der Waals surface area contributed by atoms with E-state index >= 15 is 0 Å². The maximum atomic E-state index is 12.3. The maximum Gasteiger partial charge on any atom is 0.345 e. The Morgan fingerprint density at radius 3 is 2.41 bits per heavy atom. The van der Waals surface area contributed by atoms with Crippen LogP contribution in [0.1, 0.15) is 15.9 Å². The van der Waals surface area contributed by atoms with Gasteiger partial charge in [0.15, 0.2) is 0 Å². The van der Waals surface area contributed by atoms with Gasteiger partial charge in [-0.05, 0) is 60.2 Å². The topological polar surface area (TPSA) is 96.9 Å². The highest BCUT2D eigenvalue weighted by atomic mass is 79.9. The second-order valence-corrected chi connectivity index (χ2v) is 8.01. The molecule has 2 amide bonds. The summed E-state index contributed by atoms with van der Waals surface area (Å²) in [5.74, 6) is -2.22. The average molecular weight is 535 g/mol. The quantitative estimate of drug-likeness (QED) is 0.157. The van der Waals surface area contributed by atoms with Crippen LogP contribution in [0, 0.1) is 0 Å². The number of esters is 1. The Labute approximate surface area is 201 Å². The van der Waals surface area contributed by atoms with Crippen LogP contribution in [0.4, 0.5) is 5.69 Å². The number of ether oxygens (including phenoxy) is 1. The highest BCUT2D eigenvalue weighted by molar-refractivity contribution is 9.10. The van der Waals surface area contributed by atoms with E-state index in [1.807, 2.05) is 0 Å². The predicted molar refractivity (Wildman–Crippen MR) is 126 cm³/mol. The van der Waals surface area contributed by atoms with E-state index in [4.69, 9.17) is 27.9 Å². The van der Waals surface area contributed by atoms with Crippen molar-refractivity contribution in [3.63, 3.8) is 0 Å². The number of hydrazone groups is 1. The summed E-state index contributed by atoms with van der Waals surface area (Å²) in [6, 6.07) is 17.6. The van der Waals surface area contributed by atoms with Crippen molar-refractivity contribution < 1.29 is 19.1 Å². The zero-order chi connectivity index (χ0) is 23.1. The molecular weight excluding hydrogens is 521 g/mol. The molecule has 0 saturated carbocycles. The number of hydrogen-bond donors (Lipinski definition) is 2. The van der Waals surface area contributed by atoms with Gasteiger partial charge < -0.3 is 10.1 Å². The number of rotatable bonds is 5. The van der Waals surface area contributed by atoms with Gasteiger partial charge in [-0.3, -0.25) is 9.59 Å². The van der Waals surface area contributed by atoms with Crippen molar-refractivity contribution in [1.82, 2.24) is 5.43 Å². The molecule has 162 valence electrons. The molecule has 0 saturated heterocycles. The van der Waals surface area contributed by atoms with E-state index in [-0.39, 0.29) is 16.3 Å². The molecular formula is C22H14BrCl2N3O4. The van der Waals surface area contributed by atoms with Crippen LogP contribution in [0.3, 0.4) is 0 Å². The van der Waals surface area contributed by atoms with Crippen molar-refractivity contribution in [3.8, 4) is 5.75 Å². The minimum Gasteiger partial charge on any atom is -0.423 e. The smallest absolute Gasteiger partial charge is 0.345 e. The third kappa shape index (κ3) is 6.65. The fraction of sp³-hybridized carbons (Fsp3) is 0. The first-order chi connectivity index (χ1) is 15.3. The van der Waals surface area contributed by atoms with Crippen molar-refractivity contribution in [2.24, 2.45) is 5.10 Å². The molecule has 32 heavy (non-hydrogen) atoms. The molecule has 0 atom stereocenters. The lowest BCUT2D eigenvalue weighted by molar-refractivity contribution is -0.136. The molecule has 0 aliphatic carbocycles. The standard InChI is InChI=1S/C22H14BrCl2N3O4/c23-14-4-7-16(8-5-14)27-20(29)21(30)28-26-12-13-2-1-3-17(10-13)32-22(31)18-9-6-15(24)11-19(18)25/h1-12H,(H,27,29)(H,28,30)/b26-12+. The van der Waals surface area contributed by atoms with Gasteiger partial charge in [-0.1, -0.05) is 51.3 Å². The zero-order valence-corrected chi connectivity index (χ0v) is 19.2. The van der Waals surface area contributed by atoms with Crippen LogP contribution in [0.5, 0.6) is 5.75 Å². The normalized spacial score (nSPS) is 10.6.